The zero-order chi connectivity index (χ0) is 10.3. The molecule has 0 saturated heterocycles. The summed E-state index contributed by atoms with van der Waals surface area (Å²) >= 11 is 0. The molecular weight excluding hydrogens is 172 g/mol. The van der Waals surface area contributed by atoms with Crippen molar-refractivity contribution in [1.82, 2.24) is 0 Å². The monoisotopic (exact) mass is 192 g/mol. The summed E-state index contributed by atoms with van der Waals surface area (Å²) in [6.45, 7) is 1.30. The Bertz CT molecular complexity index is 123. The second-order valence-corrected chi connectivity index (χ2v) is 3.43. The Hall–Kier alpha value is -0.160. The number of rotatable bonds is 7. The van der Waals surface area contributed by atoms with E-state index in [-0.39, 0.29) is 19.8 Å². The van der Waals surface area contributed by atoms with Crippen LogP contribution in [0.2, 0.25) is 0 Å². The molecule has 13 heavy (non-hydrogen) atoms. The standard InChI is InChI=1S/C9H20O4/c1-2-8(13)9(6-11,7-12)4-3-5-10/h8,10-13H,2-7H2,1H3. The molecule has 0 radical (unpaired) electrons. The van der Waals surface area contributed by atoms with Gasteiger partial charge in [0.25, 0.3) is 0 Å². The Kier molecular flexibility index (Phi) is 6.24. The van der Waals surface area contributed by atoms with Crippen LogP contribution in [0.4, 0.5) is 0 Å². The highest BCUT2D eigenvalue weighted by Gasteiger charge is 2.35. The molecule has 4 heteroatoms. The summed E-state index contributed by atoms with van der Waals surface area (Å²) in [7, 11) is 0. The maximum Gasteiger partial charge on any atom is 0.0637 e. The van der Waals surface area contributed by atoms with Crippen molar-refractivity contribution in [3.8, 4) is 0 Å². The molecule has 0 saturated carbocycles. The minimum Gasteiger partial charge on any atom is -0.396 e. The van der Waals surface area contributed by atoms with Crippen LogP contribution in [0.3, 0.4) is 0 Å². The largest absolute Gasteiger partial charge is 0.396 e. The van der Waals surface area contributed by atoms with E-state index >= 15 is 0 Å². The molecule has 0 rings (SSSR count). The second-order valence-electron chi connectivity index (χ2n) is 3.43. The van der Waals surface area contributed by atoms with Crippen molar-refractivity contribution in [3.63, 3.8) is 0 Å². The number of aliphatic hydroxyl groups excluding tert-OH is 4. The van der Waals surface area contributed by atoms with E-state index in [0.717, 1.165) is 0 Å². The van der Waals surface area contributed by atoms with Gasteiger partial charge in [-0.1, -0.05) is 6.92 Å². The molecule has 0 fully saturated rings. The van der Waals surface area contributed by atoms with Gasteiger partial charge in [-0.25, -0.2) is 0 Å². The number of hydrogen-bond acceptors (Lipinski definition) is 4. The Balaban J connectivity index is 4.29. The van der Waals surface area contributed by atoms with Crippen molar-refractivity contribution in [3.05, 3.63) is 0 Å². The minimum atomic E-state index is -0.850. The van der Waals surface area contributed by atoms with Gasteiger partial charge in [-0.3, -0.25) is 0 Å². The predicted molar refractivity (Wildman–Crippen MR) is 49.2 cm³/mol. The first-order valence-corrected chi connectivity index (χ1v) is 4.67. The molecule has 4 N–H and O–H groups in total. The molecule has 1 atom stereocenters. The Morgan fingerprint density at radius 2 is 1.69 bits per heavy atom. The van der Waals surface area contributed by atoms with Crippen LogP contribution in [0.5, 0.6) is 0 Å². The summed E-state index contributed by atoms with van der Waals surface area (Å²) in [6.07, 6.45) is 0.699. The van der Waals surface area contributed by atoms with Crippen molar-refractivity contribution in [2.45, 2.75) is 32.3 Å². The molecule has 1 unspecified atom stereocenters. The first-order valence-electron chi connectivity index (χ1n) is 4.67. The van der Waals surface area contributed by atoms with Gasteiger partial charge in [0, 0.05) is 12.0 Å². The molecule has 0 aromatic carbocycles. The minimum absolute atomic E-state index is 0.0121. The van der Waals surface area contributed by atoms with Gasteiger partial charge in [0.1, 0.15) is 0 Å². The van der Waals surface area contributed by atoms with Gasteiger partial charge < -0.3 is 20.4 Å². The molecular formula is C9H20O4. The lowest BCUT2D eigenvalue weighted by Gasteiger charge is -2.34. The molecule has 4 nitrogen and oxygen atoms in total. The SMILES string of the molecule is CCC(O)C(CO)(CO)CCCO. The Morgan fingerprint density at radius 1 is 1.15 bits per heavy atom. The van der Waals surface area contributed by atoms with Crippen molar-refractivity contribution < 1.29 is 20.4 Å². The van der Waals surface area contributed by atoms with E-state index in [1.807, 2.05) is 0 Å². The fourth-order valence-electron chi connectivity index (χ4n) is 1.45. The fraction of sp³-hybridized carbons (Fsp3) is 1.00. The highest BCUT2D eigenvalue weighted by atomic mass is 16.3. The number of hydrogen-bond donors (Lipinski definition) is 4. The van der Waals surface area contributed by atoms with Crippen LogP contribution in [-0.2, 0) is 0 Å². The lowest BCUT2D eigenvalue weighted by Crippen LogP contribution is -2.41. The van der Waals surface area contributed by atoms with Gasteiger partial charge in [0.2, 0.25) is 0 Å². The third-order valence-corrected chi connectivity index (χ3v) is 2.56. The zero-order valence-electron chi connectivity index (χ0n) is 8.11. The second kappa shape index (κ2) is 6.32. The van der Waals surface area contributed by atoms with Gasteiger partial charge in [0.15, 0.2) is 0 Å². The highest BCUT2D eigenvalue weighted by molar-refractivity contribution is 4.84. The van der Waals surface area contributed by atoms with E-state index in [4.69, 9.17) is 15.3 Å². The van der Waals surface area contributed by atoms with Gasteiger partial charge >= 0.3 is 0 Å². The zero-order valence-corrected chi connectivity index (χ0v) is 8.11. The fourth-order valence-corrected chi connectivity index (χ4v) is 1.45. The van der Waals surface area contributed by atoms with Gasteiger partial charge in [0.05, 0.1) is 19.3 Å². The number of aliphatic hydroxyl groups is 4. The molecule has 0 aliphatic carbocycles. The molecule has 0 spiro atoms. The van der Waals surface area contributed by atoms with Gasteiger partial charge in [-0.05, 0) is 19.3 Å². The first kappa shape index (κ1) is 12.8. The summed E-state index contributed by atoms with van der Waals surface area (Å²) in [5.74, 6) is 0. The Morgan fingerprint density at radius 3 is 2.00 bits per heavy atom. The van der Waals surface area contributed by atoms with E-state index in [2.05, 4.69) is 0 Å². The smallest absolute Gasteiger partial charge is 0.0637 e. The topological polar surface area (TPSA) is 80.9 Å². The highest BCUT2D eigenvalue weighted by Crippen LogP contribution is 2.28. The van der Waals surface area contributed by atoms with Crippen molar-refractivity contribution >= 4 is 0 Å². The van der Waals surface area contributed by atoms with Crippen molar-refractivity contribution in [2.24, 2.45) is 5.41 Å². The summed E-state index contributed by atoms with van der Waals surface area (Å²) < 4.78 is 0. The van der Waals surface area contributed by atoms with E-state index in [1.54, 1.807) is 6.92 Å². The molecule has 0 aromatic heterocycles. The van der Waals surface area contributed by atoms with E-state index in [0.29, 0.717) is 19.3 Å². The third kappa shape index (κ3) is 3.23. The molecule has 0 heterocycles. The molecule has 0 aliphatic heterocycles. The predicted octanol–water partition coefficient (Wildman–Crippen LogP) is -0.499. The molecule has 0 aromatic rings. The summed E-state index contributed by atoms with van der Waals surface area (Å²) in [6, 6.07) is 0. The van der Waals surface area contributed by atoms with Crippen molar-refractivity contribution in [1.29, 1.82) is 0 Å². The lowest BCUT2D eigenvalue weighted by molar-refractivity contribution is -0.0623. The van der Waals surface area contributed by atoms with E-state index in [1.165, 1.54) is 0 Å². The quantitative estimate of drug-likeness (QED) is 0.438. The van der Waals surface area contributed by atoms with Crippen LogP contribution in [0.1, 0.15) is 26.2 Å². The van der Waals surface area contributed by atoms with E-state index in [9.17, 15) is 5.11 Å². The van der Waals surface area contributed by atoms with Gasteiger partial charge in [-0.2, -0.15) is 0 Å². The van der Waals surface area contributed by atoms with Crippen LogP contribution in [0.25, 0.3) is 0 Å². The van der Waals surface area contributed by atoms with Crippen LogP contribution in [0, 0.1) is 5.41 Å². The van der Waals surface area contributed by atoms with Crippen LogP contribution in [-0.4, -0.2) is 46.4 Å². The average Bonchev–Trinajstić information content (AvgIpc) is 2.19. The molecule has 0 bridgehead atoms. The first-order chi connectivity index (χ1) is 6.16. The van der Waals surface area contributed by atoms with Crippen LogP contribution in [0.15, 0.2) is 0 Å². The van der Waals surface area contributed by atoms with Gasteiger partial charge in [-0.15, -0.1) is 0 Å². The van der Waals surface area contributed by atoms with Crippen LogP contribution >= 0.6 is 0 Å². The summed E-state index contributed by atoms with van der Waals surface area (Å²) in [4.78, 5) is 0. The average molecular weight is 192 g/mol. The third-order valence-electron chi connectivity index (χ3n) is 2.56. The Labute approximate surface area is 78.8 Å². The lowest BCUT2D eigenvalue weighted by atomic mass is 9.78. The summed E-state index contributed by atoms with van der Waals surface area (Å²) in [5, 5.41) is 36.4. The van der Waals surface area contributed by atoms with E-state index < -0.39 is 11.5 Å². The maximum absolute atomic E-state index is 9.59. The van der Waals surface area contributed by atoms with Crippen molar-refractivity contribution in [2.75, 3.05) is 19.8 Å². The molecule has 0 amide bonds. The molecule has 80 valence electrons. The normalized spacial score (nSPS) is 14.5. The molecule has 0 aliphatic rings. The summed E-state index contributed by atoms with van der Waals surface area (Å²) in [5.41, 5.74) is -0.850. The van der Waals surface area contributed by atoms with Crippen LogP contribution < -0.4 is 0 Å². The maximum atomic E-state index is 9.59.